The van der Waals surface area contributed by atoms with Crippen molar-refractivity contribution >= 4 is 24.0 Å². The van der Waals surface area contributed by atoms with Crippen molar-refractivity contribution < 1.29 is 0 Å². The van der Waals surface area contributed by atoms with Gasteiger partial charge in [0.05, 0.1) is 5.69 Å². The molecule has 0 aliphatic carbocycles. The van der Waals surface area contributed by atoms with Crippen molar-refractivity contribution in [2.24, 2.45) is 0 Å². The number of likely N-dealkylation sites (N-methyl/N-ethyl adjacent to an activating group) is 1. The Kier molecular flexibility index (Phi) is 6.12. The van der Waals surface area contributed by atoms with Crippen LogP contribution in [0.1, 0.15) is 18.5 Å². The molecular formula is C11H18Cl2N4. The van der Waals surface area contributed by atoms with Gasteiger partial charge in [0, 0.05) is 25.3 Å². The molecule has 0 bridgehead atoms. The fourth-order valence-corrected chi connectivity index (χ4v) is 2.22. The lowest BCUT2D eigenvalue weighted by Crippen LogP contribution is -2.43. The fourth-order valence-electron chi connectivity index (χ4n) is 2.05. The number of rotatable bonds is 3. The van der Waals surface area contributed by atoms with Gasteiger partial charge in [-0.25, -0.2) is 9.97 Å². The van der Waals surface area contributed by atoms with Crippen LogP contribution in [0.2, 0.25) is 5.28 Å². The van der Waals surface area contributed by atoms with Crippen molar-refractivity contribution in [3.8, 4) is 0 Å². The molecule has 2 heterocycles. The van der Waals surface area contributed by atoms with Crippen LogP contribution in [0.25, 0.3) is 0 Å². The quantitative estimate of drug-likeness (QED) is 0.854. The van der Waals surface area contributed by atoms with Gasteiger partial charge >= 0.3 is 0 Å². The number of piperidine rings is 1. The first-order valence-corrected chi connectivity index (χ1v) is 6.02. The Hall–Kier alpha value is -0.420. The van der Waals surface area contributed by atoms with Crippen LogP contribution in [0.4, 0.5) is 0 Å². The molecule has 1 saturated heterocycles. The maximum Gasteiger partial charge on any atom is 0.222 e. The van der Waals surface area contributed by atoms with E-state index in [0.29, 0.717) is 11.3 Å². The smallest absolute Gasteiger partial charge is 0.222 e. The van der Waals surface area contributed by atoms with Crippen LogP contribution in [0.3, 0.4) is 0 Å². The second-order valence-electron chi connectivity index (χ2n) is 4.23. The first-order valence-electron chi connectivity index (χ1n) is 5.64. The van der Waals surface area contributed by atoms with Crippen molar-refractivity contribution in [3.63, 3.8) is 0 Å². The Labute approximate surface area is 113 Å². The zero-order chi connectivity index (χ0) is 11.4. The van der Waals surface area contributed by atoms with Crippen molar-refractivity contribution in [2.45, 2.75) is 25.4 Å². The topological polar surface area (TPSA) is 41.1 Å². The molecule has 1 aromatic heterocycles. The minimum Gasteiger partial charge on any atom is -0.315 e. The van der Waals surface area contributed by atoms with E-state index in [-0.39, 0.29) is 12.4 Å². The maximum atomic E-state index is 5.76. The summed E-state index contributed by atoms with van der Waals surface area (Å²) in [6.07, 6.45) is 4.21. The summed E-state index contributed by atoms with van der Waals surface area (Å²) in [6, 6.07) is 2.51. The minimum atomic E-state index is 0. The number of nitrogens with one attached hydrogen (secondary N) is 1. The molecule has 17 heavy (non-hydrogen) atoms. The second-order valence-corrected chi connectivity index (χ2v) is 4.57. The van der Waals surface area contributed by atoms with Crippen LogP contribution in [0.5, 0.6) is 0 Å². The van der Waals surface area contributed by atoms with Crippen molar-refractivity contribution in [2.75, 3.05) is 20.1 Å². The highest BCUT2D eigenvalue weighted by molar-refractivity contribution is 6.28. The summed E-state index contributed by atoms with van der Waals surface area (Å²) in [6.45, 7) is 3.04. The lowest BCUT2D eigenvalue weighted by Gasteiger charge is -2.31. The van der Waals surface area contributed by atoms with Gasteiger partial charge in [-0.3, -0.25) is 4.90 Å². The Morgan fingerprint density at radius 2 is 2.41 bits per heavy atom. The molecule has 0 radical (unpaired) electrons. The molecule has 96 valence electrons. The zero-order valence-electron chi connectivity index (χ0n) is 9.90. The molecule has 0 saturated carbocycles. The van der Waals surface area contributed by atoms with Crippen molar-refractivity contribution in [1.82, 2.24) is 20.2 Å². The first-order chi connectivity index (χ1) is 7.75. The summed E-state index contributed by atoms with van der Waals surface area (Å²) in [5, 5.41) is 3.74. The van der Waals surface area contributed by atoms with E-state index in [0.717, 1.165) is 25.3 Å². The molecule has 0 amide bonds. The number of hydrogen-bond acceptors (Lipinski definition) is 4. The van der Waals surface area contributed by atoms with Crippen LogP contribution >= 0.6 is 24.0 Å². The summed E-state index contributed by atoms with van der Waals surface area (Å²) in [5.41, 5.74) is 0.980. The lowest BCUT2D eigenvalue weighted by molar-refractivity contribution is 0.194. The van der Waals surface area contributed by atoms with Crippen LogP contribution < -0.4 is 5.32 Å². The molecule has 1 aromatic rings. The lowest BCUT2D eigenvalue weighted by atomic mass is 10.1. The van der Waals surface area contributed by atoms with Gasteiger partial charge in [-0.15, -0.1) is 12.4 Å². The molecule has 1 atom stereocenters. The number of aromatic nitrogens is 2. The molecule has 0 spiro atoms. The van der Waals surface area contributed by atoms with Gasteiger partial charge in [0.2, 0.25) is 5.28 Å². The largest absolute Gasteiger partial charge is 0.315 e. The molecular weight excluding hydrogens is 259 g/mol. The number of hydrogen-bond donors (Lipinski definition) is 1. The molecule has 2 rings (SSSR count). The van der Waals surface area contributed by atoms with E-state index < -0.39 is 0 Å². The van der Waals surface area contributed by atoms with Gasteiger partial charge in [0.15, 0.2) is 0 Å². The molecule has 1 aliphatic rings. The van der Waals surface area contributed by atoms with Crippen LogP contribution in [-0.4, -0.2) is 41.0 Å². The van der Waals surface area contributed by atoms with Gasteiger partial charge in [-0.2, -0.15) is 0 Å². The van der Waals surface area contributed by atoms with E-state index in [1.807, 2.05) is 6.07 Å². The first kappa shape index (κ1) is 14.6. The highest BCUT2D eigenvalue weighted by Gasteiger charge is 2.17. The standard InChI is InChI=1S/C11H17ClN4.ClH/c1-16(10-3-2-5-13-7-10)8-9-4-6-14-11(12)15-9;/h4,6,10,13H,2-3,5,7-8H2,1H3;1H. The SMILES string of the molecule is CN(Cc1ccnc(Cl)n1)C1CCCNC1.Cl. The minimum absolute atomic E-state index is 0. The normalized spacial score (nSPS) is 20.1. The summed E-state index contributed by atoms with van der Waals surface area (Å²) < 4.78 is 0. The number of halogens is 2. The monoisotopic (exact) mass is 276 g/mol. The van der Waals surface area contributed by atoms with Gasteiger partial charge in [-0.05, 0) is 44.1 Å². The highest BCUT2D eigenvalue weighted by atomic mass is 35.5. The van der Waals surface area contributed by atoms with Gasteiger partial charge in [0.1, 0.15) is 0 Å². The van der Waals surface area contributed by atoms with Crippen molar-refractivity contribution in [1.29, 1.82) is 0 Å². The summed E-state index contributed by atoms with van der Waals surface area (Å²) in [7, 11) is 2.13. The van der Waals surface area contributed by atoms with E-state index in [4.69, 9.17) is 11.6 Å². The van der Waals surface area contributed by atoms with Crippen LogP contribution in [0, 0.1) is 0 Å². The number of nitrogens with zero attached hydrogens (tertiary/aromatic N) is 3. The van der Waals surface area contributed by atoms with Gasteiger partial charge < -0.3 is 5.32 Å². The Morgan fingerprint density at radius 1 is 1.59 bits per heavy atom. The molecule has 1 unspecified atom stereocenters. The van der Waals surface area contributed by atoms with Gasteiger partial charge in [-0.1, -0.05) is 0 Å². The fraction of sp³-hybridized carbons (Fsp3) is 0.636. The summed E-state index contributed by atoms with van der Waals surface area (Å²) >= 11 is 5.76. The Morgan fingerprint density at radius 3 is 3.06 bits per heavy atom. The van der Waals surface area contributed by atoms with E-state index in [1.165, 1.54) is 12.8 Å². The Bertz CT molecular complexity index is 342. The summed E-state index contributed by atoms with van der Waals surface area (Å²) in [5.74, 6) is 0. The molecule has 1 fully saturated rings. The van der Waals surface area contributed by atoms with Crippen molar-refractivity contribution in [3.05, 3.63) is 23.2 Å². The predicted octanol–water partition coefficient (Wildman–Crippen LogP) is 1.74. The van der Waals surface area contributed by atoms with Gasteiger partial charge in [0.25, 0.3) is 0 Å². The molecule has 4 nitrogen and oxygen atoms in total. The second kappa shape index (κ2) is 7.11. The van der Waals surface area contributed by atoms with E-state index in [1.54, 1.807) is 6.20 Å². The molecule has 1 N–H and O–H groups in total. The average Bonchev–Trinajstić information content (AvgIpc) is 2.30. The zero-order valence-corrected chi connectivity index (χ0v) is 11.5. The van der Waals surface area contributed by atoms with E-state index in [2.05, 4.69) is 27.2 Å². The van der Waals surface area contributed by atoms with Crippen LogP contribution in [-0.2, 0) is 6.54 Å². The predicted molar refractivity (Wildman–Crippen MR) is 71.6 cm³/mol. The molecule has 0 aromatic carbocycles. The third kappa shape index (κ3) is 4.39. The molecule has 6 heteroatoms. The third-order valence-corrected chi connectivity index (χ3v) is 3.17. The Balaban J connectivity index is 0.00000144. The maximum absolute atomic E-state index is 5.76. The third-order valence-electron chi connectivity index (χ3n) is 2.99. The van der Waals surface area contributed by atoms with E-state index in [9.17, 15) is 0 Å². The van der Waals surface area contributed by atoms with Crippen LogP contribution in [0.15, 0.2) is 12.3 Å². The average molecular weight is 277 g/mol. The summed E-state index contributed by atoms with van der Waals surface area (Å²) in [4.78, 5) is 10.4. The molecule has 1 aliphatic heterocycles. The van der Waals surface area contributed by atoms with E-state index >= 15 is 0 Å². The highest BCUT2D eigenvalue weighted by Crippen LogP contribution is 2.11.